The van der Waals surface area contributed by atoms with Crippen LogP contribution in [-0.4, -0.2) is 74.8 Å². The predicted molar refractivity (Wildman–Crippen MR) is 186 cm³/mol. The molecule has 0 radical (unpaired) electrons. The molecule has 6 rings (SSSR count). The van der Waals surface area contributed by atoms with Gasteiger partial charge in [0.1, 0.15) is 58.5 Å². The molecule has 1 fully saturated rings. The first kappa shape index (κ1) is 35.4. The Labute approximate surface area is 295 Å². The van der Waals surface area contributed by atoms with Crippen LogP contribution in [0.1, 0.15) is 11.1 Å². The number of phenolic OH excluding ortho intramolecular Hbond substituents is 3. The van der Waals surface area contributed by atoms with Gasteiger partial charge in [0.2, 0.25) is 6.29 Å². The van der Waals surface area contributed by atoms with Crippen molar-refractivity contribution in [1.82, 2.24) is 0 Å². The number of hydrogen-bond donors (Lipinski definition) is 5. The van der Waals surface area contributed by atoms with Gasteiger partial charge >= 0.3 is 11.9 Å². The minimum atomic E-state index is -1.82. The lowest BCUT2D eigenvalue weighted by Crippen LogP contribution is -2.61. The smallest absolute Gasteiger partial charge is 0.331 e. The molecule has 0 saturated carbocycles. The van der Waals surface area contributed by atoms with Crippen LogP contribution in [0.5, 0.6) is 23.0 Å². The number of aliphatic hydroxyl groups is 2. The number of ether oxygens (including phenoxy) is 4. The Morgan fingerprint density at radius 1 is 0.750 bits per heavy atom. The summed E-state index contributed by atoms with van der Waals surface area (Å²) >= 11 is 0. The molecule has 1 aliphatic heterocycles. The fourth-order valence-electron chi connectivity index (χ4n) is 5.35. The summed E-state index contributed by atoms with van der Waals surface area (Å²) in [6, 6.07) is 24.3. The Balaban J connectivity index is 1.25. The number of aromatic hydroxyl groups is 3. The third-order valence-corrected chi connectivity index (χ3v) is 7.99. The summed E-state index contributed by atoms with van der Waals surface area (Å²) in [6.45, 7) is -0.545. The molecule has 13 heteroatoms. The number of hydrogen-bond acceptors (Lipinski definition) is 13. The molecule has 0 aliphatic carbocycles. The normalized spacial score (nSPS) is 20.2. The third kappa shape index (κ3) is 8.47. The molecule has 5 aromatic rings. The molecule has 13 nitrogen and oxygen atoms in total. The van der Waals surface area contributed by atoms with Crippen molar-refractivity contribution >= 4 is 35.1 Å². The van der Waals surface area contributed by atoms with Crippen molar-refractivity contribution < 1.29 is 58.5 Å². The summed E-state index contributed by atoms with van der Waals surface area (Å²) in [5.41, 5.74) is 1.09. The number of rotatable bonds is 10. The minimum absolute atomic E-state index is 0.00504. The molecule has 52 heavy (non-hydrogen) atoms. The minimum Gasteiger partial charge on any atom is -0.508 e. The van der Waals surface area contributed by atoms with Crippen LogP contribution in [0, 0.1) is 0 Å². The highest BCUT2D eigenvalue weighted by Gasteiger charge is 2.48. The Morgan fingerprint density at radius 2 is 1.38 bits per heavy atom. The van der Waals surface area contributed by atoms with E-state index in [2.05, 4.69) is 0 Å². The molecule has 1 saturated heterocycles. The highest BCUT2D eigenvalue weighted by Crippen LogP contribution is 2.34. The molecule has 266 valence electrons. The predicted octanol–water partition coefficient (Wildman–Crippen LogP) is 4.28. The molecule has 4 aromatic carbocycles. The topological polar surface area (TPSA) is 202 Å². The van der Waals surface area contributed by atoms with Crippen LogP contribution in [-0.2, 0) is 23.8 Å². The van der Waals surface area contributed by atoms with Crippen molar-refractivity contribution in [2.45, 2.75) is 30.7 Å². The Hall–Kier alpha value is -6.41. The maximum Gasteiger partial charge on any atom is 0.331 e. The van der Waals surface area contributed by atoms with Gasteiger partial charge in [-0.15, -0.1) is 0 Å². The molecule has 2 heterocycles. The van der Waals surface area contributed by atoms with Crippen molar-refractivity contribution in [2.75, 3.05) is 6.61 Å². The summed E-state index contributed by atoms with van der Waals surface area (Å²) in [5.74, 6) is -2.22. The Kier molecular flexibility index (Phi) is 10.7. The van der Waals surface area contributed by atoms with E-state index < -0.39 is 60.4 Å². The van der Waals surface area contributed by atoms with Crippen LogP contribution < -0.4 is 10.2 Å². The number of phenols is 3. The zero-order valence-electron chi connectivity index (χ0n) is 27.1. The van der Waals surface area contributed by atoms with Gasteiger partial charge in [0.05, 0.1) is 0 Å². The van der Waals surface area contributed by atoms with Crippen LogP contribution in [0.2, 0.25) is 0 Å². The second kappa shape index (κ2) is 15.6. The van der Waals surface area contributed by atoms with Gasteiger partial charge in [-0.3, -0.25) is 4.79 Å². The largest absolute Gasteiger partial charge is 0.508 e. The van der Waals surface area contributed by atoms with Crippen LogP contribution >= 0.6 is 0 Å². The number of aliphatic hydroxyl groups excluding tert-OH is 2. The second-order valence-electron chi connectivity index (χ2n) is 11.7. The van der Waals surface area contributed by atoms with Gasteiger partial charge in [-0.2, -0.15) is 0 Å². The van der Waals surface area contributed by atoms with E-state index in [9.17, 15) is 39.9 Å². The molecule has 5 N–H and O–H groups in total. The summed E-state index contributed by atoms with van der Waals surface area (Å²) < 4.78 is 28.3. The number of carbonyl (C=O) groups is 2. The molecular formula is C39H32O13. The van der Waals surface area contributed by atoms with Gasteiger partial charge in [0.15, 0.2) is 17.6 Å². The van der Waals surface area contributed by atoms with Gasteiger partial charge < -0.3 is 48.9 Å². The Morgan fingerprint density at radius 3 is 2.08 bits per heavy atom. The maximum absolute atomic E-state index is 12.9. The van der Waals surface area contributed by atoms with E-state index in [1.165, 1.54) is 66.8 Å². The molecular weight excluding hydrogens is 676 g/mol. The second-order valence-corrected chi connectivity index (χ2v) is 11.7. The van der Waals surface area contributed by atoms with Crippen molar-refractivity contribution in [3.63, 3.8) is 0 Å². The first-order valence-corrected chi connectivity index (χ1v) is 15.9. The van der Waals surface area contributed by atoms with E-state index in [0.717, 1.165) is 17.7 Å². The average Bonchev–Trinajstić information content (AvgIpc) is 3.13. The van der Waals surface area contributed by atoms with Gasteiger partial charge in [0, 0.05) is 35.9 Å². The number of esters is 2. The standard InChI is InChI=1S/C39H32O13/c40-25-12-6-23(7-13-25)9-17-34(45)52-38-36(46)32(21-48-33(44)16-8-22-4-2-1-3-5-22)51-39(37(38)47)49-27-18-28(42)35-29(43)20-30(50-31(35)19-27)24-10-14-26(41)15-11-24/h1-20,32,36-42,46-47H,21H2. The zero-order valence-corrected chi connectivity index (χ0v) is 27.1. The molecule has 0 bridgehead atoms. The van der Waals surface area contributed by atoms with Gasteiger partial charge in [0.25, 0.3) is 0 Å². The number of carbonyl (C=O) groups excluding carboxylic acids is 2. The summed E-state index contributed by atoms with van der Waals surface area (Å²) in [4.78, 5) is 38.3. The Bertz CT molecular complexity index is 2160. The van der Waals surface area contributed by atoms with Crippen LogP contribution in [0.3, 0.4) is 0 Å². The first-order valence-electron chi connectivity index (χ1n) is 15.9. The molecule has 1 aromatic heterocycles. The van der Waals surface area contributed by atoms with Crippen molar-refractivity contribution in [3.05, 3.63) is 131 Å². The fraction of sp³-hybridized carbons (Fsp3) is 0.154. The van der Waals surface area contributed by atoms with E-state index in [4.69, 9.17) is 23.4 Å². The lowest BCUT2D eigenvalue weighted by Gasteiger charge is -2.41. The first-order chi connectivity index (χ1) is 25.0. The van der Waals surface area contributed by atoms with E-state index in [1.807, 2.05) is 6.07 Å². The van der Waals surface area contributed by atoms with E-state index in [1.54, 1.807) is 36.4 Å². The highest BCUT2D eigenvalue weighted by molar-refractivity contribution is 5.88. The lowest BCUT2D eigenvalue weighted by atomic mass is 9.99. The van der Waals surface area contributed by atoms with Crippen molar-refractivity contribution in [2.24, 2.45) is 0 Å². The van der Waals surface area contributed by atoms with E-state index in [0.29, 0.717) is 11.1 Å². The summed E-state index contributed by atoms with van der Waals surface area (Å²) in [6.07, 6.45) is -3.09. The molecule has 1 aliphatic rings. The monoisotopic (exact) mass is 708 g/mol. The average molecular weight is 709 g/mol. The van der Waals surface area contributed by atoms with E-state index >= 15 is 0 Å². The van der Waals surface area contributed by atoms with Crippen LogP contribution in [0.15, 0.2) is 118 Å². The van der Waals surface area contributed by atoms with E-state index in [-0.39, 0.29) is 34.0 Å². The summed E-state index contributed by atoms with van der Waals surface area (Å²) in [5, 5.41) is 52.2. The van der Waals surface area contributed by atoms with Crippen LogP contribution in [0.4, 0.5) is 0 Å². The maximum atomic E-state index is 12.9. The number of benzene rings is 4. The highest BCUT2D eigenvalue weighted by atomic mass is 16.7. The molecule has 0 amide bonds. The molecule has 5 atom stereocenters. The third-order valence-electron chi connectivity index (χ3n) is 7.99. The van der Waals surface area contributed by atoms with Gasteiger partial charge in [-0.05, 0) is 59.7 Å². The van der Waals surface area contributed by atoms with Crippen LogP contribution in [0.25, 0.3) is 34.4 Å². The quantitative estimate of drug-likeness (QED) is 0.102. The van der Waals surface area contributed by atoms with Crippen molar-refractivity contribution in [1.29, 1.82) is 0 Å². The van der Waals surface area contributed by atoms with Gasteiger partial charge in [-0.25, -0.2) is 9.59 Å². The van der Waals surface area contributed by atoms with Crippen molar-refractivity contribution in [3.8, 4) is 34.3 Å². The lowest BCUT2D eigenvalue weighted by molar-refractivity contribution is -0.281. The molecule has 5 unspecified atom stereocenters. The molecule has 0 spiro atoms. The number of fused-ring (bicyclic) bond motifs is 1. The summed E-state index contributed by atoms with van der Waals surface area (Å²) in [7, 11) is 0. The fourth-order valence-corrected chi connectivity index (χ4v) is 5.35. The SMILES string of the molecule is O=C(C=Cc1ccccc1)OCC1OC(Oc2cc(O)c3c(=O)cc(-c4ccc(O)cc4)oc3c2)C(O)C(OC(=O)C=Cc2ccc(O)cc2)C1O. The zero-order chi connectivity index (χ0) is 36.8. The van der Waals surface area contributed by atoms with Gasteiger partial charge in [-0.1, -0.05) is 42.5 Å².